The molecule has 0 spiro atoms. The van der Waals surface area contributed by atoms with Crippen molar-refractivity contribution >= 4 is 22.4 Å². The number of fused-ring (bicyclic) bond motifs is 3. The molecule has 7 nitrogen and oxygen atoms in total. The molecule has 4 rings (SSSR count). The van der Waals surface area contributed by atoms with Crippen molar-refractivity contribution in [1.82, 2.24) is 9.62 Å². The SMILES string of the molecule is CN(C)C(=O)CCc1ccc(Oc2ccc3c(c2)S(O)(O)NC2CCCN32)cc1. The average molecular weight is 418 g/mol. The number of carbonyl (C=O) groups excluding carboxylic acids is 1. The molecular weight excluding hydrogens is 390 g/mol. The first-order valence-corrected chi connectivity index (χ1v) is 11.3. The molecule has 1 atom stereocenters. The number of anilines is 1. The van der Waals surface area contributed by atoms with E-state index in [0.717, 1.165) is 30.6 Å². The highest BCUT2D eigenvalue weighted by molar-refractivity contribution is 8.22. The van der Waals surface area contributed by atoms with Gasteiger partial charge in [0, 0.05) is 33.1 Å². The van der Waals surface area contributed by atoms with Crippen LogP contribution < -0.4 is 14.4 Å². The summed E-state index contributed by atoms with van der Waals surface area (Å²) in [6.45, 7) is 0.901. The Hall–Kier alpha value is -2.26. The summed E-state index contributed by atoms with van der Waals surface area (Å²) in [5.41, 5.74) is 1.93. The van der Waals surface area contributed by atoms with E-state index in [-0.39, 0.29) is 12.1 Å². The number of nitrogens with zero attached hydrogens (tertiary/aromatic N) is 2. The first-order valence-electron chi connectivity index (χ1n) is 9.77. The van der Waals surface area contributed by atoms with Crippen molar-refractivity contribution in [2.75, 3.05) is 25.5 Å². The van der Waals surface area contributed by atoms with Crippen LogP contribution >= 0.6 is 10.8 Å². The number of rotatable bonds is 5. The second-order valence-electron chi connectivity index (χ2n) is 7.68. The van der Waals surface area contributed by atoms with Crippen molar-refractivity contribution in [3.05, 3.63) is 48.0 Å². The van der Waals surface area contributed by atoms with Crippen LogP contribution in [0.1, 0.15) is 24.8 Å². The Morgan fingerprint density at radius 1 is 1.21 bits per heavy atom. The van der Waals surface area contributed by atoms with E-state index >= 15 is 0 Å². The molecule has 0 saturated carbocycles. The molecule has 0 aliphatic carbocycles. The van der Waals surface area contributed by atoms with Crippen LogP contribution in [0.5, 0.6) is 11.5 Å². The maximum atomic E-state index is 11.7. The lowest BCUT2D eigenvalue weighted by Crippen LogP contribution is -2.46. The summed E-state index contributed by atoms with van der Waals surface area (Å²) < 4.78 is 30.0. The molecule has 29 heavy (non-hydrogen) atoms. The van der Waals surface area contributed by atoms with Gasteiger partial charge in [0.25, 0.3) is 0 Å². The van der Waals surface area contributed by atoms with Crippen LogP contribution in [0.3, 0.4) is 0 Å². The monoisotopic (exact) mass is 417 g/mol. The third kappa shape index (κ3) is 4.20. The van der Waals surface area contributed by atoms with E-state index in [2.05, 4.69) is 9.62 Å². The molecule has 1 saturated heterocycles. The highest BCUT2D eigenvalue weighted by Gasteiger charge is 2.38. The van der Waals surface area contributed by atoms with E-state index in [9.17, 15) is 13.9 Å². The van der Waals surface area contributed by atoms with Crippen molar-refractivity contribution in [2.24, 2.45) is 0 Å². The van der Waals surface area contributed by atoms with E-state index < -0.39 is 10.8 Å². The van der Waals surface area contributed by atoms with Gasteiger partial charge in [-0.2, -0.15) is 4.72 Å². The van der Waals surface area contributed by atoms with Gasteiger partial charge < -0.3 is 14.5 Å². The fourth-order valence-corrected chi connectivity index (χ4v) is 5.30. The van der Waals surface area contributed by atoms with E-state index in [0.29, 0.717) is 29.2 Å². The number of hydrogen-bond donors (Lipinski definition) is 3. The number of benzene rings is 2. The predicted octanol–water partition coefficient (Wildman–Crippen LogP) is 4.05. The number of nitrogens with one attached hydrogen (secondary N) is 1. The Morgan fingerprint density at radius 3 is 2.66 bits per heavy atom. The van der Waals surface area contributed by atoms with Gasteiger partial charge in [0.15, 0.2) is 0 Å². The molecule has 156 valence electrons. The van der Waals surface area contributed by atoms with Crippen LogP contribution in [-0.4, -0.2) is 46.7 Å². The summed E-state index contributed by atoms with van der Waals surface area (Å²) in [7, 11) is 0.465. The molecule has 1 amide bonds. The normalized spacial score (nSPS) is 20.6. The molecule has 2 aromatic carbocycles. The lowest BCUT2D eigenvalue weighted by Gasteiger charge is -2.46. The van der Waals surface area contributed by atoms with Crippen molar-refractivity contribution in [3.8, 4) is 11.5 Å². The van der Waals surface area contributed by atoms with Crippen molar-refractivity contribution in [1.29, 1.82) is 0 Å². The molecule has 2 aliphatic rings. The van der Waals surface area contributed by atoms with Crippen LogP contribution in [-0.2, 0) is 11.2 Å². The summed E-state index contributed by atoms with van der Waals surface area (Å²) in [5.74, 6) is 1.32. The molecule has 0 aromatic heterocycles. The fourth-order valence-electron chi connectivity index (χ4n) is 3.79. The third-order valence-corrected chi connectivity index (χ3v) is 6.93. The van der Waals surface area contributed by atoms with E-state index in [1.807, 2.05) is 36.4 Å². The zero-order valence-corrected chi connectivity index (χ0v) is 17.5. The highest BCUT2D eigenvalue weighted by Crippen LogP contribution is 2.55. The minimum absolute atomic E-state index is 0.0220. The Balaban J connectivity index is 1.47. The van der Waals surface area contributed by atoms with Gasteiger partial charge in [0.1, 0.15) is 16.4 Å². The quantitative estimate of drug-likeness (QED) is 0.680. The van der Waals surface area contributed by atoms with Gasteiger partial charge in [-0.1, -0.05) is 12.1 Å². The number of ether oxygens (including phenoxy) is 1. The standard InChI is InChI=1S/C21H27N3O4S/c1-23(2)21(25)12-7-15-5-8-16(9-6-15)28-17-10-11-18-19(14-17)29(26,27)22-20-4-3-13-24(18)20/h5-6,8-11,14,20,22,26-27H,3-4,7,12-13H2,1-2H3. The lowest BCUT2D eigenvalue weighted by atomic mass is 10.1. The predicted molar refractivity (Wildman–Crippen MR) is 115 cm³/mol. The first kappa shape index (κ1) is 20.0. The number of carbonyl (C=O) groups is 1. The Morgan fingerprint density at radius 2 is 1.93 bits per heavy atom. The second kappa shape index (κ2) is 7.87. The molecule has 0 bridgehead atoms. The minimum Gasteiger partial charge on any atom is -0.457 e. The van der Waals surface area contributed by atoms with Crippen LogP contribution in [0.4, 0.5) is 5.69 Å². The minimum atomic E-state index is -3.05. The van der Waals surface area contributed by atoms with Gasteiger partial charge in [0.05, 0.1) is 11.9 Å². The summed E-state index contributed by atoms with van der Waals surface area (Å²) in [6.07, 6.45) is 3.06. The molecular formula is C21H27N3O4S. The number of amides is 1. The van der Waals surface area contributed by atoms with Gasteiger partial charge >= 0.3 is 0 Å². The average Bonchev–Trinajstić information content (AvgIpc) is 3.14. The zero-order chi connectivity index (χ0) is 20.6. The number of hydrogen-bond acceptors (Lipinski definition) is 6. The molecule has 2 heterocycles. The van der Waals surface area contributed by atoms with E-state index in [1.54, 1.807) is 25.1 Å². The van der Waals surface area contributed by atoms with Crippen molar-refractivity contribution < 1.29 is 18.6 Å². The largest absolute Gasteiger partial charge is 0.457 e. The van der Waals surface area contributed by atoms with Gasteiger partial charge in [-0.05, 0) is 49.1 Å². The highest BCUT2D eigenvalue weighted by atomic mass is 32.3. The van der Waals surface area contributed by atoms with Gasteiger partial charge in [-0.15, -0.1) is 10.8 Å². The van der Waals surface area contributed by atoms with Crippen LogP contribution in [0.2, 0.25) is 0 Å². The molecule has 1 unspecified atom stereocenters. The van der Waals surface area contributed by atoms with Crippen LogP contribution in [0.15, 0.2) is 47.4 Å². The molecule has 0 radical (unpaired) electrons. The topological polar surface area (TPSA) is 85.3 Å². The fraction of sp³-hybridized carbons (Fsp3) is 0.381. The van der Waals surface area contributed by atoms with E-state index in [4.69, 9.17) is 4.74 Å². The van der Waals surface area contributed by atoms with Crippen LogP contribution in [0.25, 0.3) is 0 Å². The molecule has 3 N–H and O–H groups in total. The second-order valence-corrected chi connectivity index (χ2v) is 9.46. The Kier molecular flexibility index (Phi) is 5.44. The molecule has 2 aromatic rings. The Bertz CT molecular complexity index is 901. The van der Waals surface area contributed by atoms with Crippen LogP contribution in [0, 0.1) is 0 Å². The summed E-state index contributed by atoms with van der Waals surface area (Å²) in [6, 6.07) is 13.1. The lowest BCUT2D eigenvalue weighted by molar-refractivity contribution is -0.128. The van der Waals surface area contributed by atoms with E-state index in [1.165, 1.54) is 0 Å². The maximum Gasteiger partial charge on any atom is 0.222 e. The van der Waals surface area contributed by atoms with Crippen molar-refractivity contribution in [2.45, 2.75) is 36.7 Å². The summed E-state index contributed by atoms with van der Waals surface area (Å²) >= 11 is 0. The van der Waals surface area contributed by atoms with Gasteiger partial charge in [-0.3, -0.25) is 13.9 Å². The molecule has 2 aliphatic heterocycles. The van der Waals surface area contributed by atoms with Crippen molar-refractivity contribution in [3.63, 3.8) is 0 Å². The van der Waals surface area contributed by atoms with Gasteiger partial charge in [0.2, 0.25) is 5.91 Å². The summed E-state index contributed by atoms with van der Waals surface area (Å²) in [5, 5.41) is 0. The molecule has 1 fully saturated rings. The first-order chi connectivity index (χ1) is 13.8. The number of aryl methyl sites for hydroxylation is 1. The zero-order valence-electron chi connectivity index (χ0n) is 16.7. The smallest absolute Gasteiger partial charge is 0.222 e. The van der Waals surface area contributed by atoms with Gasteiger partial charge in [-0.25, -0.2) is 0 Å². The molecule has 8 heteroatoms. The maximum absolute atomic E-state index is 11.7. The Labute approximate surface area is 172 Å². The third-order valence-electron chi connectivity index (χ3n) is 5.39. The summed E-state index contributed by atoms with van der Waals surface area (Å²) in [4.78, 5) is 16.0.